The minimum absolute atomic E-state index is 0.110. The van der Waals surface area contributed by atoms with Crippen molar-refractivity contribution in [3.05, 3.63) is 69.5 Å². The van der Waals surface area contributed by atoms with E-state index in [4.69, 9.17) is 0 Å². The van der Waals surface area contributed by atoms with Crippen molar-refractivity contribution in [2.75, 3.05) is 11.1 Å². The number of aryl methyl sites for hydroxylation is 2. The number of carbonyl (C=O) groups excluding carboxylic acids is 2. The van der Waals surface area contributed by atoms with Gasteiger partial charge < -0.3 is 15.2 Å². The lowest BCUT2D eigenvalue weighted by molar-refractivity contribution is -0.113. The van der Waals surface area contributed by atoms with Gasteiger partial charge in [-0.05, 0) is 63.1 Å². The lowest BCUT2D eigenvalue weighted by Crippen LogP contribution is -2.28. The van der Waals surface area contributed by atoms with Crippen LogP contribution in [0, 0.1) is 13.8 Å². The van der Waals surface area contributed by atoms with Crippen LogP contribution in [-0.2, 0) is 11.3 Å². The fraction of sp³-hybridized carbons (Fsp3) is 0.304. The summed E-state index contributed by atoms with van der Waals surface area (Å²) in [6.07, 6.45) is 0. The molecule has 1 atom stereocenters. The first kappa shape index (κ1) is 24.0. The molecule has 1 aromatic heterocycles. The summed E-state index contributed by atoms with van der Waals surface area (Å²) in [5, 5.41) is 15.1. The van der Waals surface area contributed by atoms with E-state index in [1.165, 1.54) is 11.8 Å². The van der Waals surface area contributed by atoms with Gasteiger partial charge in [-0.3, -0.25) is 9.59 Å². The maximum absolute atomic E-state index is 12.6. The van der Waals surface area contributed by atoms with Crippen molar-refractivity contribution in [3.63, 3.8) is 0 Å². The molecule has 168 valence electrons. The number of carbonyl (C=O) groups is 2. The molecule has 0 fully saturated rings. The number of thioether (sulfide) groups is 1. The van der Waals surface area contributed by atoms with Crippen molar-refractivity contribution in [1.82, 2.24) is 20.1 Å². The molecule has 0 saturated carbocycles. The zero-order valence-electron chi connectivity index (χ0n) is 18.5. The number of halogens is 1. The van der Waals surface area contributed by atoms with Gasteiger partial charge in [-0.1, -0.05) is 45.9 Å². The summed E-state index contributed by atoms with van der Waals surface area (Å²) in [5.41, 5.74) is 3.41. The fourth-order valence-corrected chi connectivity index (χ4v) is 4.87. The van der Waals surface area contributed by atoms with Gasteiger partial charge in [-0.25, -0.2) is 0 Å². The Morgan fingerprint density at radius 3 is 2.41 bits per heavy atom. The molecule has 0 radical (unpaired) electrons. The van der Waals surface area contributed by atoms with Gasteiger partial charge in [0, 0.05) is 22.3 Å². The van der Waals surface area contributed by atoms with E-state index >= 15 is 0 Å². The number of hydrogen-bond acceptors (Lipinski definition) is 5. The Bertz CT molecular complexity index is 1090. The average molecular weight is 516 g/mol. The zero-order chi connectivity index (χ0) is 23.3. The van der Waals surface area contributed by atoms with Crippen LogP contribution in [0.5, 0.6) is 0 Å². The van der Waals surface area contributed by atoms with Gasteiger partial charge in [0.1, 0.15) is 0 Å². The van der Waals surface area contributed by atoms with Crippen LogP contribution in [-0.4, -0.2) is 32.3 Å². The lowest BCUT2D eigenvalue weighted by atomic mass is 10.1. The highest BCUT2D eigenvalue weighted by atomic mass is 79.9. The molecular formula is C23H26BrN5O2S. The Morgan fingerprint density at radius 1 is 1.12 bits per heavy atom. The molecular weight excluding hydrogens is 490 g/mol. The van der Waals surface area contributed by atoms with E-state index in [2.05, 4.69) is 36.8 Å². The first-order valence-electron chi connectivity index (χ1n) is 10.3. The molecule has 9 heteroatoms. The summed E-state index contributed by atoms with van der Waals surface area (Å²) in [4.78, 5) is 25.0. The molecule has 32 heavy (non-hydrogen) atoms. The number of anilines is 1. The van der Waals surface area contributed by atoms with E-state index in [1.54, 1.807) is 12.1 Å². The normalized spacial score (nSPS) is 11.8. The van der Waals surface area contributed by atoms with Crippen LogP contribution >= 0.6 is 27.7 Å². The molecule has 0 unspecified atom stereocenters. The monoisotopic (exact) mass is 515 g/mol. The van der Waals surface area contributed by atoms with Crippen molar-refractivity contribution < 1.29 is 9.59 Å². The van der Waals surface area contributed by atoms with Gasteiger partial charge in [0.05, 0.1) is 11.8 Å². The first-order chi connectivity index (χ1) is 15.3. The van der Waals surface area contributed by atoms with Crippen LogP contribution in [0.1, 0.15) is 47.2 Å². The standard InChI is InChI=1S/C23H26BrN5O2S/c1-5-29-21(16(4)25-22(31)17-9-7-6-8-10-17)27-28-23(29)32-13-19(30)26-20-14(2)11-18(24)12-15(20)3/h6-12,16H,5,13H2,1-4H3,(H,25,31)(H,26,30)/t16-/m0/s1. The van der Waals surface area contributed by atoms with E-state index in [0.29, 0.717) is 23.1 Å². The second-order valence-electron chi connectivity index (χ2n) is 7.40. The van der Waals surface area contributed by atoms with Gasteiger partial charge in [-0.15, -0.1) is 10.2 Å². The topological polar surface area (TPSA) is 88.9 Å². The summed E-state index contributed by atoms with van der Waals surface area (Å²) in [7, 11) is 0. The Labute approximate surface area is 200 Å². The first-order valence-corrected chi connectivity index (χ1v) is 12.1. The number of aromatic nitrogens is 3. The Kier molecular flexibility index (Phi) is 8.09. The molecule has 0 spiro atoms. The third-order valence-corrected chi connectivity index (χ3v) is 6.35. The minimum Gasteiger partial charge on any atom is -0.342 e. The highest BCUT2D eigenvalue weighted by Gasteiger charge is 2.20. The van der Waals surface area contributed by atoms with Crippen molar-refractivity contribution in [2.24, 2.45) is 0 Å². The summed E-state index contributed by atoms with van der Waals surface area (Å²) >= 11 is 4.79. The highest BCUT2D eigenvalue weighted by Crippen LogP contribution is 2.26. The van der Waals surface area contributed by atoms with Gasteiger partial charge in [0.25, 0.3) is 5.91 Å². The molecule has 0 bridgehead atoms. The van der Waals surface area contributed by atoms with E-state index < -0.39 is 0 Å². The van der Waals surface area contributed by atoms with E-state index in [-0.39, 0.29) is 23.6 Å². The van der Waals surface area contributed by atoms with Crippen LogP contribution in [0.2, 0.25) is 0 Å². The van der Waals surface area contributed by atoms with E-state index in [0.717, 1.165) is 21.3 Å². The second kappa shape index (κ2) is 10.8. The van der Waals surface area contributed by atoms with Crippen molar-refractivity contribution in [2.45, 2.75) is 45.4 Å². The van der Waals surface area contributed by atoms with Crippen molar-refractivity contribution >= 4 is 45.2 Å². The molecule has 3 rings (SSSR count). The van der Waals surface area contributed by atoms with Gasteiger partial charge >= 0.3 is 0 Å². The summed E-state index contributed by atoms with van der Waals surface area (Å²) in [5.74, 6) is 0.579. The predicted molar refractivity (Wildman–Crippen MR) is 131 cm³/mol. The molecule has 3 aromatic rings. The number of hydrogen-bond donors (Lipinski definition) is 2. The maximum Gasteiger partial charge on any atom is 0.251 e. The van der Waals surface area contributed by atoms with Gasteiger partial charge in [-0.2, -0.15) is 0 Å². The molecule has 0 aliphatic heterocycles. The Morgan fingerprint density at radius 2 is 1.78 bits per heavy atom. The average Bonchev–Trinajstić information content (AvgIpc) is 3.18. The maximum atomic E-state index is 12.6. The zero-order valence-corrected chi connectivity index (χ0v) is 20.9. The Hall–Kier alpha value is -2.65. The Balaban J connectivity index is 1.64. The van der Waals surface area contributed by atoms with Gasteiger partial charge in [0.2, 0.25) is 5.91 Å². The molecule has 0 aliphatic rings. The van der Waals surface area contributed by atoms with Gasteiger partial charge in [0.15, 0.2) is 11.0 Å². The number of amides is 2. The van der Waals surface area contributed by atoms with E-state index in [1.807, 2.05) is 62.6 Å². The van der Waals surface area contributed by atoms with Crippen LogP contribution in [0.4, 0.5) is 5.69 Å². The molecule has 0 saturated heterocycles. The number of benzene rings is 2. The number of rotatable bonds is 8. The van der Waals surface area contributed by atoms with E-state index in [9.17, 15) is 9.59 Å². The van der Waals surface area contributed by atoms with Crippen LogP contribution in [0.3, 0.4) is 0 Å². The smallest absolute Gasteiger partial charge is 0.251 e. The largest absolute Gasteiger partial charge is 0.342 e. The molecule has 1 heterocycles. The van der Waals surface area contributed by atoms with Crippen molar-refractivity contribution in [1.29, 1.82) is 0 Å². The predicted octanol–water partition coefficient (Wildman–Crippen LogP) is 4.90. The lowest BCUT2D eigenvalue weighted by Gasteiger charge is -2.15. The molecule has 2 amide bonds. The third kappa shape index (κ3) is 5.77. The van der Waals surface area contributed by atoms with Crippen molar-refractivity contribution in [3.8, 4) is 0 Å². The van der Waals surface area contributed by atoms with Crippen LogP contribution in [0.25, 0.3) is 0 Å². The fourth-order valence-electron chi connectivity index (χ4n) is 3.37. The molecule has 0 aliphatic carbocycles. The second-order valence-corrected chi connectivity index (χ2v) is 9.26. The highest BCUT2D eigenvalue weighted by molar-refractivity contribution is 9.10. The number of nitrogens with one attached hydrogen (secondary N) is 2. The summed E-state index contributed by atoms with van der Waals surface area (Å²) < 4.78 is 2.90. The minimum atomic E-state index is -0.327. The van der Waals surface area contributed by atoms with Crippen LogP contribution < -0.4 is 10.6 Å². The summed E-state index contributed by atoms with van der Waals surface area (Å²) in [6.45, 7) is 8.41. The molecule has 2 N–H and O–H groups in total. The number of nitrogens with zero attached hydrogens (tertiary/aromatic N) is 3. The molecule has 2 aromatic carbocycles. The quantitative estimate of drug-likeness (QED) is 0.416. The third-order valence-electron chi connectivity index (χ3n) is 4.93. The summed E-state index contributed by atoms with van der Waals surface area (Å²) in [6, 6.07) is 12.7. The van der Waals surface area contributed by atoms with Crippen LogP contribution in [0.15, 0.2) is 52.1 Å². The molecule has 7 nitrogen and oxygen atoms in total. The SMILES string of the molecule is CCn1c(SCC(=O)Nc2c(C)cc(Br)cc2C)nnc1[C@H](C)NC(=O)c1ccccc1.